The first-order valence-corrected chi connectivity index (χ1v) is 8.18. The van der Waals surface area contributed by atoms with Gasteiger partial charge in [0.1, 0.15) is 5.82 Å². The van der Waals surface area contributed by atoms with Crippen molar-refractivity contribution in [3.63, 3.8) is 0 Å². The van der Waals surface area contributed by atoms with Gasteiger partial charge in [-0.3, -0.25) is 14.4 Å². The molecule has 0 bridgehead atoms. The van der Waals surface area contributed by atoms with Crippen molar-refractivity contribution in [2.45, 2.75) is 25.8 Å². The molecule has 0 unspecified atom stereocenters. The lowest BCUT2D eigenvalue weighted by Gasteiger charge is -2.16. The summed E-state index contributed by atoms with van der Waals surface area (Å²) in [6, 6.07) is 14.2. The van der Waals surface area contributed by atoms with Gasteiger partial charge in [0.25, 0.3) is 5.91 Å². The molecule has 2 aromatic rings. The third kappa shape index (κ3) is 6.47. The predicted molar refractivity (Wildman–Crippen MR) is 93.8 cm³/mol. The fraction of sp³-hybridized carbons (Fsp3) is 0.250. The van der Waals surface area contributed by atoms with Crippen LogP contribution >= 0.6 is 0 Å². The van der Waals surface area contributed by atoms with E-state index in [2.05, 4.69) is 5.32 Å². The number of nitrogens with one attached hydrogen (secondary N) is 1. The second-order valence-electron chi connectivity index (χ2n) is 5.89. The monoisotopic (exact) mass is 357 g/mol. The second-order valence-corrected chi connectivity index (χ2v) is 5.89. The molecule has 0 aliphatic heterocycles. The minimum atomic E-state index is -0.688. The van der Waals surface area contributed by atoms with Crippen LogP contribution in [-0.2, 0) is 32.0 Å². The third-order valence-corrected chi connectivity index (χ3v) is 3.71. The van der Waals surface area contributed by atoms with Crippen LogP contribution in [0, 0.1) is 5.82 Å². The number of halogens is 1. The van der Waals surface area contributed by atoms with Crippen LogP contribution in [-0.4, -0.2) is 30.3 Å². The maximum Gasteiger partial charge on any atom is 0.310 e. The van der Waals surface area contributed by atoms with Crippen molar-refractivity contribution in [3.05, 3.63) is 71.5 Å². The molecule has 2 aromatic carbocycles. The molecule has 1 amide bonds. The van der Waals surface area contributed by atoms with Crippen LogP contribution in [0.5, 0.6) is 0 Å². The maximum absolute atomic E-state index is 13.1. The molecule has 0 saturated heterocycles. The summed E-state index contributed by atoms with van der Waals surface area (Å²) in [5, 5.41) is 2.57. The summed E-state index contributed by atoms with van der Waals surface area (Å²) in [6.45, 7) is 0.899. The highest BCUT2D eigenvalue weighted by molar-refractivity contribution is 5.89. The van der Waals surface area contributed by atoms with Gasteiger partial charge in [0.2, 0.25) is 0 Å². The van der Waals surface area contributed by atoms with E-state index in [0.717, 1.165) is 5.56 Å². The van der Waals surface area contributed by atoms with Crippen LogP contribution < -0.4 is 5.32 Å². The van der Waals surface area contributed by atoms with Crippen molar-refractivity contribution in [2.24, 2.45) is 0 Å². The van der Waals surface area contributed by atoms with E-state index in [4.69, 9.17) is 4.74 Å². The lowest BCUT2D eigenvalue weighted by molar-refractivity contribution is -0.148. The van der Waals surface area contributed by atoms with E-state index in [1.165, 1.54) is 25.1 Å². The van der Waals surface area contributed by atoms with Crippen molar-refractivity contribution in [1.82, 2.24) is 5.32 Å². The Kier molecular flexibility index (Phi) is 7.02. The van der Waals surface area contributed by atoms with E-state index in [1.54, 1.807) is 6.07 Å². The number of hydrogen-bond acceptors (Lipinski definition) is 4. The zero-order chi connectivity index (χ0) is 18.9. The number of ketones is 1. The number of carbonyl (C=O) groups is 3. The van der Waals surface area contributed by atoms with Crippen LogP contribution in [0.2, 0.25) is 0 Å². The molecule has 0 saturated carbocycles. The molecule has 1 atom stereocenters. The lowest BCUT2D eigenvalue weighted by Crippen LogP contribution is -2.43. The van der Waals surface area contributed by atoms with Gasteiger partial charge in [0, 0.05) is 0 Å². The number of carbonyl (C=O) groups excluding carboxylic acids is 3. The van der Waals surface area contributed by atoms with Crippen molar-refractivity contribution < 1.29 is 23.5 Å². The molecule has 6 heteroatoms. The molecule has 0 heterocycles. The normalized spacial score (nSPS) is 11.5. The number of benzene rings is 2. The Morgan fingerprint density at radius 3 is 2.38 bits per heavy atom. The van der Waals surface area contributed by atoms with E-state index in [9.17, 15) is 18.8 Å². The Hall–Kier alpha value is -3.02. The fourth-order valence-corrected chi connectivity index (χ4v) is 2.39. The van der Waals surface area contributed by atoms with Crippen LogP contribution in [0.1, 0.15) is 18.1 Å². The Bertz CT molecular complexity index is 776. The summed E-state index contributed by atoms with van der Waals surface area (Å²) >= 11 is 0. The number of esters is 1. The van der Waals surface area contributed by atoms with Gasteiger partial charge in [-0.25, -0.2) is 4.39 Å². The molecule has 2 rings (SSSR count). The molecular formula is C20H20FNO4. The van der Waals surface area contributed by atoms with Gasteiger partial charge in [0.15, 0.2) is 12.4 Å². The topological polar surface area (TPSA) is 72.5 Å². The number of amides is 1. The predicted octanol–water partition coefficient (Wildman–Crippen LogP) is 2.23. The van der Waals surface area contributed by atoms with Gasteiger partial charge in [-0.2, -0.15) is 0 Å². The number of Topliss-reactive ketones (excluding diaryl/α,β-unsaturated/α-hetero) is 1. The van der Waals surface area contributed by atoms with Gasteiger partial charge >= 0.3 is 5.97 Å². The Morgan fingerprint density at radius 1 is 1.04 bits per heavy atom. The number of ether oxygens (including phenoxy) is 1. The molecular weight excluding hydrogens is 337 g/mol. The van der Waals surface area contributed by atoms with Gasteiger partial charge in [-0.05, 0) is 36.6 Å². The molecule has 5 nitrogen and oxygen atoms in total. The zero-order valence-corrected chi connectivity index (χ0v) is 14.4. The summed E-state index contributed by atoms with van der Waals surface area (Å²) < 4.78 is 18.0. The smallest absolute Gasteiger partial charge is 0.310 e. The highest BCUT2D eigenvalue weighted by Crippen LogP contribution is 2.06. The molecule has 0 aliphatic rings. The van der Waals surface area contributed by atoms with Crippen molar-refractivity contribution in [3.8, 4) is 0 Å². The van der Waals surface area contributed by atoms with E-state index >= 15 is 0 Å². The number of rotatable bonds is 8. The standard InChI is InChI=1S/C20H20FNO4/c1-14(23)18(11-15-6-3-2-4-7-15)22-19(24)13-26-20(25)12-16-8-5-9-17(21)10-16/h2-10,18H,11-13H2,1H3,(H,22,24)/t18-/m1/s1. The van der Waals surface area contributed by atoms with E-state index in [-0.39, 0.29) is 12.2 Å². The van der Waals surface area contributed by atoms with Crippen LogP contribution in [0.15, 0.2) is 54.6 Å². The molecule has 1 N–H and O–H groups in total. The highest BCUT2D eigenvalue weighted by Gasteiger charge is 2.18. The van der Waals surface area contributed by atoms with Crippen molar-refractivity contribution in [2.75, 3.05) is 6.61 Å². The molecule has 0 aliphatic carbocycles. The average Bonchev–Trinajstić information content (AvgIpc) is 2.60. The zero-order valence-electron chi connectivity index (χ0n) is 14.4. The van der Waals surface area contributed by atoms with Gasteiger partial charge in [0.05, 0.1) is 12.5 Å². The molecule has 136 valence electrons. The summed E-state index contributed by atoms with van der Waals surface area (Å²) in [5.41, 5.74) is 1.37. The SMILES string of the molecule is CC(=O)[C@@H](Cc1ccccc1)NC(=O)COC(=O)Cc1cccc(F)c1. The summed E-state index contributed by atoms with van der Waals surface area (Å²) in [4.78, 5) is 35.4. The summed E-state index contributed by atoms with van der Waals surface area (Å²) in [7, 11) is 0. The van der Waals surface area contributed by atoms with Crippen LogP contribution in [0.4, 0.5) is 4.39 Å². The molecule has 0 radical (unpaired) electrons. The van der Waals surface area contributed by atoms with Crippen LogP contribution in [0.3, 0.4) is 0 Å². The first kappa shape index (κ1) is 19.3. The molecule has 0 aromatic heterocycles. The quantitative estimate of drug-likeness (QED) is 0.736. The Labute approximate surface area is 151 Å². The van der Waals surface area contributed by atoms with Crippen molar-refractivity contribution in [1.29, 1.82) is 0 Å². The number of hydrogen-bond donors (Lipinski definition) is 1. The van der Waals surface area contributed by atoms with Crippen molar-refractivity contribution >= 4 is 17.7 Å². The van der Waals surface area contributed by atoms with E-state index in [0.29, 0.717) is 12.0 Å². The summed E-state index contributed by atoms with van der Waals surface area (Å²) in [6.07, 6.45) is 0.227. The molecule has 26 heavy (non-hydrogen) atoms. The van der Waals surface area contributed by atoms with Gasteiger partial charge < -0.3 is 10.1 Å². The van der Waals surface area contributed by atoms with E-state index < -0.39 is 30.3 Å². The summed E-state index contributed by atoms with van der Waals surface area (Å²) in [5.74, 6) is -1.84. The first-order chi connectivity index (χ1) is 12.4. The second kappa shape index (κ2) is 9.46. The van der Waals surface area contributed by atoms with Gasteiger partial charge in [-0.15, -0.1) is 0 Å². The highest BCUT2D eigenvalue weighted by atomic mass is 19.1. The molecule has 0 fully saturated rings. The fourth-order valence-electron chi connectivity index (χ4n) is 2.39. The Balaban J connectivity index is 1.82. The minimum Gasteiger partial charge on any atom is -0.455 e. The van der Waals surface area contributed by atoms with Gasteiger partial charge in [-0.1, -0.05) is 42.5 Å². The Morgan fingerprint density at radius 2 is 1.73 bits per heavy atom. The maximum atomic E-state index is 13.1. The third-order valence-electron chi connectivity index (χ3n) is 3.71. The minimum absolute atomic E-state index is 0.134. The lowest BCUT2D eigenvalue weighted by atomic mass is 10.0. The van der Waals surface area contributed by atoms with E-state index in [1.807, 2.05) is 30.3 Å². The molecule has 0 spiro atoms. The average molecular weight is 357 g/mol. The first-order valence-electron chi connectivity index (χ1n) is 8.18. The largest absolute Gasteiger partial charge is 0.455 e. The van der Waals surface area contributed by atoms with Crippen LogP contribution in [0.25, 0.3) is 0 Å².